The highest BCUT2D eigenvalue weighted by Crippen LogP contribution is 2.14. The van der Waals surface area contributed by atoms with Gasteiger partial charge in [-0.1, -0.05) is 0 Å². The Morgan fingerprint density at radius 3 is 2.90 bits per heavy atom. The summed E-state index contributed by atoms with van der Waals surface area (Å²) >= 11 is 0. The van der Waals surface area contributed by atoms with Gasteiger partial charge in [0.15, 0.2) is 0 Å². The molecule has 1 rings (SSSR count). The van der Waals surface area contributed by atoms with Crippen molar-refractivity contribution in [3.63, 3.8) is 0 Å². The van der Waals surface area contributed by atoms with Gasteiger partial charge in [0.05, 0.1) is 12.7 Å². The maximum atomic E-state index is 9.15. The number of aliphatic hydroxyl groups is 2. The van der Waals surface area contributed by atoms with Crippen molar-refractivity contribution in [1.29, 1.82) is 0 Å². The lowest BCUT2D eigenvalue weighted by Gasteiger charge is -2.29. The van der Waals surface area contributed by atoms with Gasteiger partial charge in [-0.05, 0) is 6.42 Å². The molecule has 0 aromatic heterocycles. The summed E-state index contributed by atoms with van der Waals surface area (Å²) < 4.78 is 4.90. The zero-order chi connectivity index (χ0) is 7.56. The van der Waals surface area contributed by atoms with Gasteiger partial charge in [0, 0.05) is 6.04 Å². The molecule has 0 aromatic rings. The van der Waals surface area contributed by atoms with E-state index in [1.807, 2.05) is 0 Å². The van der Waals surface area contributed by atoms with Crippen LogP contribution in [0.4, 0.5) is 0 Å². The molecule has 0 aromatic carbocycles. The summed E-state index contributed by atoms with van der Waals surface area (Å²) in [6.07, 6.45) is -0.657. The first kappa shape index (κ1) is 7.94. The number of hydrogen-bond donors (Lipinski definition) is 3. The minimum absolute atomic E-state index is 0.162. The second-order valence-corrected chi connectivity index (χ2v) is 2.46. The summed E-state index contributed by atoms with van der Waals surface area (Å²) in [5.41, 5.74) is 5.42. The molecule has 0 spiro atoms. The van der Waals surface area contributed by atoms with Crippen molar-refractivity contribution in [2.24, 2.45) is 5.73 Å². The van der Waals surface area contributed by atoms with Crippen LogP contribution in [0.1, 0.15) is 6.42 Å². The van der Waals surface area contributed by atoms with E-state index in [9.17, 15) is 0 Å². The molecule has 59 valence electrons. The van der Waals surface area contributed by atoms with Crippen LogP contribution in [0.5, 0.6) is 0 Å². The van der Waals surface area contributed by atoms with Gasteiger partial charge >= 0.3 is 0 Å². The van der Waals surface area contributed by atoms with Crippen molar-refractivity contribution in [2.75, 3.05) is 6.61 Å². The number of aliphatic hydroxyl groups excluding tert-OH is 2. The van der Waals surface area contributed by atoms with Crippen LogP contribution in [0.2, 0.25) is 0 Å². The van der Waals surface area contributed by atoms with Crippen LogP contribution >= 0.6 is 0 Å². The van der Waals surface area contributed by atoms with Crippen LogP contribution in [0, 0.1) is 6.61 Å². The monoisotopic (exact) mass is 146 g/mol. The first-order chi connectivity index (χ1) is 4.74. The highest BCUT2D eigenvalue weighted by molar-refractivity contribution is 4.85. The Morgan fingerprint density at radius 1 is 1.70 bits per heavy atom. The quantitative estimate of drug-likeness (QED) is 0.426. The summed E-state index contributed by atoms with van der Waals surface area (Å²) in [5, 5.41) is 17.8. The van der Waals surface area contributed by atoms with E-state index in [0.717, 1.165) is 0 Å². The molecular weight excluding hydrogens is 134 g/mol. The molecule has 0 unspecified atom stereocenters. The molecule has 0 bridgehead atoms. The van der Waals surface area contributed by atoms with E-state index < -0.39 is 12.2 Å². The van der Waals surface area contributed by atoms with Gasteiger partial charge in [0.25, 0.3) is 0 Å². The molecular formula is C6H12NO3. The molecule has 0 amide bonds. The van der Waals surface area contributed by atoms with Crippen molar-refractivity contribution in [3.05, 3.63) is 6.61 Å². The largest absolute Gasteiger partial charge is 0.394 e. The van der Waals surface area contributed by atoms with Gasteiger partial charge in [-0.3, -0.25) is 0 Å². The van der Waals surface area contributed by atoms with E-state index in [4.69, 9.17) is 20.7 Å². The van der Waals surface area contributed by atoms with Gasteiger partial charge in [0.1, 0.15) is 12.7 Å². The van der Waals surface area contributed by atoms with Gasteiger partial charge in [-0.25, -0.2) is 0 Å². The van der Waals surface area contributed by atoms with Crippen LogP contribution in [-0.2, 0) is 4.74 Å². The van der Waals surface area contributed by atoms with Crippen LogP contribution < -0.4 is 5.73 Å². The predicted molar refractivity (Wildman–Crippen MR) is 34.9 cm³/mol. The summed E-state index contributed by atoms with van der Waals surface area (Å²) in [7, 11) is 0. The maximum absolute atomic E-state index is 9.15. The zero-order valence-electron chi connectivity index (χ0n) is 5.60. The summed E-state index contributed by atoms with van der Waals surface area (Å²) in [5.74, 6) is 0. The molecule has 1 radical (unpaired) electrons. The molecule has 1 saturated heterocycles. The highest BCUT2D eigenvalue weighted by Gasteiger charge is 2.27. The Bertz CT molecular complexity index is 109. The molecule has 4 heteroatoms. The fourth-order valence-corrected chi connectivity index (χ4v) is 0.943. The third-order valence-corrected chi connectivity index (χ3v) is 1.55. The van der Waals surface area contributed by atoms with Crippen molar-refractivity contribution < 1.29 is 14.9 Å². The first-order valence-corrected chi connectivity index (χ1v) is 3.27. The van der Waals surface area contributed by atoms with Gasteiger partial charge < -0.3 is 20.7 Å². The number of rotatable bonds is 1. The standard InChI is InChI=1S/C6H12NO3/c7-4-1-5(9)6(2-8)10-3-4/h3-6,8-9H,1-2,7H2/t4-,5+,6-/m1/s1. The van der Waals surface area contributed by atoms with Crippen molar-refractivity contribution in [2.45, 2.75) is 24.7 Å². The lowest BCUT2D eigenvalue weighted by atomic mass is 10.0. The average Bonchev–Trinajstić information content (AvgIpc) is 1.88. The van der Waals surface area contributed by atoms with Crippen molar-refractivity contribution >= 4 is 0 Å². The Labute approximate surface area is 59.6 Å². The Balaban J connectivity index is 2.36. The fourth-order valence-electron chi connectivity index (χ4n) is 0.943. The lowest BCUT2D eigenvalue weighted by molar-refractivity contribution is -0.0730. The summed E-state index contributed by atoms with van der Waals surface area (Å²) in [6, 6.07) is -0.210. The molecule has 1 aliphatic rings. The van der Waals surface area contributed by atoms with Crippen molar-refractivity contribution in [3.8, 4) is 0 Å². The molecule has 0 aliphatic carbocycles. The van der Waals surface area contributed by atoms with Crippen LogP contribution in [-0.4, -0.2) is 35.1 Å². The fraction of sp³-hybridized carbons (Fsp3) is 0.833. The van der Waals surface area contributed by atoms with E-state index in [1.165, 1.54) is 6.61 Å². The van der Waals surface area contributed by atoms with Crippen LogP contribution in [0.15, 0.2) is 0 Å². The molecule has 1 aliphatic heterocycles. The third kappa shape index (κ3) is 1.67. The van der Waals surface area contributed by atoms with Crippen LogP contribution in [0.3, 0.4) is 0 Å². The van der Waals surface area contributed by atoms with Crippen LogP contribution in [0.25, 0.3) is 0 Å². The van der Waals surface area contributed by atoms with E-state index in [2.05, 4.69) is 0 Å². The Hall–Kier alpha value is -0.160. The SMILES string of the molecule is N[C@H]1[CH]O[C@H](CO)[C@@H](O)C1. The van der Waals surface area contributed by atoms with E-state index >= 15 is 0 Å². The number of nitrogens with two attached hydrogens (primary N) is 1. The maximum Gasteiger partial charge on any atom is 0.107 e. The molecule has 0 saturated carbocycles. The smallest absolute Gasteiger partial charge is 0.107 e. The molecule has 1 heterocycles. The number of ether oxygens (including phenoxy) is 1. The summed E-state index contributed by atoms with van der Waals surface area (Å²) in [4.78, 5) is 0. The Kier molecular flexibility index (Phi) is 2.62. The molecule has 10 heavy (non-hydrogen) atoms. The predicted octanol–water partition coefficient (Wildman–Crippen LogP) is -1.38. The first-order valence-electron chi connectivity index (χ1n) is 3.27. The van der Waals surface area contributed by atoms with E-state index in [-0.39, 0.29) is 12.6 Å². The van der Waals surface area contributed by atoms with E-state index in [1.54, 1.807) is 0 Å². The number of hydrogen-bond acceptors (Lipinski definition) is 4. The molecule has 4 N–H and O–H groups in total. The zero-order valence-corrected chi connectivity index (χ0v) is 5.60. The second-order valence-electron chi connectivity index (χ2n) is 2.46. The van der Waals surface area contributed by atoms with Gasteiger partial charge in [-0.2, -0.15) is 0 Å². The Morgan fingerprint density at radius 2 is 2.40 bits per heavy atom. The van der Waals surface area contributed by atoms with Gasteiger partial charge in [-0.15, -0.1) is 0 Å². The normalized spacial score (nSPS) is 41.7. The molecule has 1 fully saturated rings. The lowest BCUT2D eigenvalue weighted by Crippen LogP contribution is -2.43. The highest BCUT2D eigenvalue weighted by atomic mass is 16.5. The molecule has 4 nitrogen and oxygen atoms in total. The molecule has 3 atom stereocenters. The van der Waals surface area contributed by atoms with Crippen molar-refractivity contribution in [1.82, 2.24) is 0 Å². The summed E-state index contributed by atoms with van der Waals surface area (Å²) in [6.45, 7) is 1.29. The second kappa shape index (κ2) is 3.30. The topological polar surface area (TPSA) is 75.7 Å². The third-order valence-electron chi connectivity index (χ3n) is 1.55. The average molecular weight is 146 g/mol. The van der Waals surface area contributed by atoms with Gasteiger partial charge in [0.2, 0.25) is 0 Å². The van der Waals surface area contributed by atoms with E-state index in [0.29, 0.717) is 6.42 Å². The minimum atomic E-state index is -0.634. The minimum Gasteiger partial charge on any atom is -0.394 e.